The maximum absolute atomic E-state index is 6.00. The molecule has 0 bridgehead atoms. The van der Waals surface area contributed by atoms with Crippen LogP contribution in [0.2, 0.25) is 0 Å². The van der Waals surface area contributed by atoms with Gasteiger partial charge in [0.25, 0.3) is 0 Å². The van der Waals surface area contributed by atoms with Gasteiger partial charge in [-0.05, 0) is 45.4 Å². The van der Waals surface area contributed by atoms with Crippen LogP contribution in [0.4, 0.5) is 0 Å². The summed E-state index contributed by atoms with van der Waals surface area (Å²) in [6, 6.07) is 5.88. The third kappa shape index (κ3) is 3.55. The molecule has 0 unspecified atom stereocenters. The van der Waals surface area contributed by atoms with Gasteiger partial charge in [0.05, 0.1) is 17.9 Å². The molecule has 114 valence electrons. The highest BCUT2D eigenvalue weighted by molar-refractivity contribution is 5.47. The average Bonchev–Trinajstić information content (AvgIpc) is 2.78. The van der Waals surface area contributed by atoms with E-state index in [9.17, 15) is 0 Å². The molecule has 2 rings (SSSR count). The van der Waals surface area contributed by atoms with E-state index >= 15 is 0 Å². The van der Waals surface area contributed by atoms with Gasteiger partial charge in [-0.1, -0.05) is 17.3 Å². The lowest BCUT2D eigenvalue weighted by molar-refractivity contribution is 0.264. The molecule has 5 nitrogen and oxygen atoms in total. The summed E-state index contributed by atoms with van der Waals surface area (Å²) < 4.78 is 16.8. The number of hydrogen-bond acceptors (Lipinski definition) is 5. The van der Waals surface area contributed by atoms with Crippen molar-refractivity contribution in [3.05, 3.63) is 40.8 Å². The number of nitrogens with two attached hydrogens (primary N) is 1. The molecular formula is C16H22N2O3. The Hall–Kier alpha value is -2.01. The van der Waals surface area contributed by atoms with Crippen LogP contribution in [-0.2, 0) is 13.0 Å². The number of aromatic nitrogens is 1. The molecule has 1 aromatic heterocycles. The molecule has 0 radical (unpaired) electrons. The van der Waals surface area contributed by atoms with E-state index in [0.717, 1.165) is 40.5 Å². The van der Waals surface area contributed by atoms with Gasteiger partial charge in [0, 0.05) is 0 Å². The fourth-order valence-electron chi connectivity index (χ4n) is 2.20. The predicted molar refractivity (Wildman–Crippen MR) is 80.7 cm³/mol. The molecule has 0 aliphatic heterocycles. The zero-order valence-electron chi connectivity index (χ0n) is 12.8. The van der Waals surface area contributed by atoms with Crippen LogP contribution >= 0.6 is 0 Å². The summed E-state index contributed by atoms with van der Waals surface area (Å²) in [5.74, 6) is 2.28. The summed E-state index contributed by atoms with van der Waals surface area (Å²) in [5, 5.41) is 3.94. The molecule has 21 heavy (non-hydrogen) atoms. The second-order valence-corrected chi connectivity index (χ2v) is 4.81. The van der Waals surface area contributed by atoms with Gasteiger partial charge in [-0.2, -0.15) is 0 Å². The summed E-state index contributed by atoms with van der Waals surface area (Å²) in [7, 11) is 0. The standard InChI is InChI=1S/C16H22N2O3/c1-4-19-15-7-5-6-13(8-9-17)16(15)20-10-14-11(2)18-21-12(14)3/h5-7H,4,8-10,17H2,1-3H3. The van der Waals surface area contributed by atoms with E-state index in [2.05, 4.69) is 5.16 Å². The summed E-state index contributed by atoms with van der Waals surface area (Å²) in [6.07, 6.45) is 0.748. The Bertz CT molecular complexity index is 549. The number of rotatable bonds is 7. The summed E-state index contributed by atoms with van der Waals surface area (Å²) >= 11 is 0. The van der Waals surface area contributed by atoms with Crippen LogP contribution in [-0.4, -0.2) is 18.3 Å². The highest BCUT2D eigenvalue weighted by Gasteiger charge is 2.14. The molecule has 0 aliphatic carbocycles. The maximum Gasteiger partial charge on any atom is 0.164 e. The molecular weight excluding hydrogens is 268 g/mol. The van der Waals surface area contributed by atoms with Crippen LogP contribution in [0, 0.1) is 13.8 Å². The van der Waals surface area contributed by atoms with E-state index in [1.54, 1.807) is 0 Å². The van der Waals surface area contributed by atoms with Crippen LogP contribution in [0.1, 0.15) is 29.5 Å². The van der Waals surface area contributed by atoms with Crippen molar-refractivity contribution >= 4 is 0 Å². The number of benzene rings is 1. The fraction of sp³-hybridized carbons (Fsp3) is 0.438. The molecule has 2 N–H and O–H groups in total. The van der Waals surface area contributed by atoms with Gasteiger partial charge in [-0.3, -0.25) is 0 Å². The zero-order valence-corrected chi connectivity index (χ0v) is 12.8. The normalized spacial score (nSPS) is 10.7. The van der Waals surface area contributed by atoms with E-state index in [-0.39, 0.29) is 0 Å². The minimum atomic E-state index is 0.406. The molecule has 0 saturated heterocycles. The SMILES string of the molecule is CCOc1cccc(CCN)c1OCc1c(C)noc1C. The van der Waals surface area contributed by atoms with Gasteiger partial charge < -0.3 is 19.7 Å². The molecule has 2 aromatic rings. The second kappa shape index (κ2) is 7.13. The lowest BCUT2D eigenvalue weighted by Crippen LogP contribution is -2.07. The zero-order chi connectivity index (χ0) is 15.2. The number of ether oxygens (including phenoxy) is 2. The Balaban J connectivity index is 2.24. The fourth-order valence-corrected chi connectivity index (χ4v) is 2.20. The van der Waals surface area contributed by atoms with Crippen molar-refractivity contribution in [2.24, 2.45) is 5.73 Å². The number of nitrogens with zero attached hydrogens (tertiary/aromatic N) is 1. The summed E-state index contributed by atoms with van der Waals surface area (Å²) in [5.41, 5.74) is 8.54. The third-order valence-electron chi connectivity index (χ3n) is 3.32. The molecule has 0 aliphatic rings. The van der Waals surface area contributed by atoms with Gasteiger partial charge >= 0.3 is 0 Å². The van der Waals surface area contributed by atoms with Crippen molar-refractivity contribution in [1.29, 1.82) is 0 Å². The van der Waals surface area contributed by atoms with Crippen LogP contribution in [0.3, 0.4) is 0 Å². The van der Waals surface area contributed by atoms with Crippen molar-refractivity contribution in [2.75, 3.05) is 13.2 Å². The molecule has 0 spiro atoms. The van der Waals surface area contributed by atoms with Crippen LogP contribution in [0.15, 0.2) is 22.7 Å². The topological polar surface area (TPSA) is 70.5 Å². The van der Waals surface area contributed by atoms with E-state index in [0.29, 0.717) is 19.8 Å². The van der Waals surface area contributed by atoms with Gasteiger partial charge in [0.15, 0.2) is 11.5 Å². The van der Waals surface area contributed by atoms with Gasteiger partial charge in [0.2, 0.25) is 0 Å². The molecule has 0 saturated carbocycles. The molecule has 0 fully saturated rings. The molecule has 5 heteroatoms. The predicted octanol–water partition coefficient (Wildman–Crippen LogP) is 2.77. The molecule has 0 atom stereocenters. The van der Waals surface area contributed by atoms with E-state index in [1.165, 1.54) is 0 Å². The quantitative estimate of drug-likeness (QED) is 0.849. The van der Waals surface area contributed by atoms with Crippen molar-refractivity contribution in [3.63, 3.8) is 0 Å². The lowest BCUT2D eigenvalue weighted by Gasteiger charge is -2.15. The second-order valence-electron chi connectivity index (χ2n) is 4.81. The summed E-state index contributed by atoms with van der Waals surface area (Å²) in [4.78, 5) is 0. The van der Waals surface area contributed by atoms with Crippen LogP contribution in [0.25, 0.3) is 0 Å². The van der Waals surface area contributed by atoms with E-state index < -0.39 is 0 Å². The number of para-hydroxylation sites is 1. The van der Waals surface area contributed by atoms with Crippen molar-refractivity contribution in [2.45, 2.75) is 33.8 Å². The first-order chi connectivity index (χ1) is 10.2. The van der Waals surface area contributed by atoms with Crippen LogP contribution in [0.5, 0.6) is 11.5 Å². The van der Waals surface area contributed by atoms with E-state index in [4.69, 9.17) is 19.7 Å². The minimum absolute atomic E-state index is 0.406. The molecule has 0 amide bonds. The lowest BCUT2D eigenvalue weighted by atomic mass is 10.1. The first kappa shape index (κ1) is 15.4. The third-order valence-corrected chi connectivity index (χ3v) is 3.32. The number of hydrogen-bond donors (Lipinski definition) is 1. The molecule has 1 aromatic carbocycles. The van der Waals surface area contributed by atoms with E-state index in [1.807, 2.05) is 39.0 Å². The first-order valence-corrected chi connectivity index (χ1v) is 7.16. The smallest absolute Gasteiger partial charge is 0.164 e. The number of aryl methyl sites for hydroxylation is 2. The van der Waals surface area contributed by atoms with Gasteiger partial charge in [-0.15, -0.1) is 0 Å². The minimum Gasteiger partial charge on any atom is -0.490 e. The average molecular weight is 290 g/mol. The Morgan fingerprint density at radius 2 is 2.05 bits per heavy atom. The van der Waals surface area contributed by atoms with Crippen molar-refractivity contribution in [1.82, 2.24) is 5.16 Å². The van der Waals surface area contributed by atoms with Crippen molar-refractivity contribution < 1.29 is 14.0 Å². The Morgan fingerprint density at radius 1 is 1.24 bits per heavy atom. The van der Waals surface area contributed by atoms with Crippen LogP contribution < -0.4 is 15.2 Å². The highest BCUT2D eigenvalue weighted by Crippen LogP contribution is 2.32. The Kier molecular flexibility index (Phi) is 5.22. The Morgan fingerprint density at radius 3 is 2.67 bits per heavy atom. The Labute approximate surface area is 125 Å². The molecule has 1 heterocycles. The maximum atomic E-state index is 6.00. The largest absolute Gasteiger partial charge is 0.490 e. The first-order valence-electron chi connectivity index (χ1n) is 7.16. The highest BCUT2D eigenvalue weighted by atomic mass is 16.5. The van der Waals surface area contributed by atoms with Gasteiger partial charge in [0.1, 0.15) is 12.4 Å². The monoisotopic (exact) mass is 290 g/mol. The van der Waals surface area contributed by atoms with Gasteiger partial charge in [-0.25, -0.2) is 0 Å². The summed E-state index contributed by atoms with van der Waals surface area (Å²) in [6.45, 7) is 7.31. The van der Waals surface area contributed by atoms with Crippen molar-refractivity contribution in [3.8, 4) is 11.5 Å².